The molecule has 0 saturated heterocycles. The predicted octanol–water partition coefficient (Wildman–Crippen LogP) is 3.61. The van der Waals surface area contributed by atoms with Gasteiger partial charge in [0.2, 0.25) is 0 Å². The summed E-state index contributed by atoms with van der Waals surface area (Å²) in [5, 5.41) is 4.23. The van der Waals surface area contributed by atoms with Crippen molar-refractivity contribution in [3.05, 3.63) is 22.4 Å². The number of halogens is 1. The molecule has 0 spiro atoms. The molecule has 1 aromatic rings. The molecule has 0 fully saturated rings. The summed E-state index contributed by atoms with van der Waals surface area (Å²) in [5.74, 6) is 0.759. The first-order valence-corrected chi connectivity index (χ1v) is 5.42. The number of thiophene rings is 1. The molecule has 0 radical (unpaired) electrons. The van der Waals surface area contributed by atoms with Gasteiger partial charge in [-0.15, -0.1) is 12.4 Å². The topological polar surface area (TPSA) is 26.0 Å². The summed E-state index contributed by atoms with van der Waals surface area (Å²) in [6, 6.07) is 2.37. The lowest BCUT2D eigenvalue weighted by molar-refractivity contribution is 0.508. The maximum atomic E-state index is 5.99. The van der Waals surface area contributed by atoms with E-state index in [-0.39, 0.29) is 18.4 Å². The molecule has 1 heterocycles. The van der Waals surface area contributed by atoms with Crippen molar-refractivity contribution in [3.63, 3.8) is 0 Å². The molecule has 0 amide bonds. The maximum Gasteiger partial charge on any atom is 0.0303 e. The average molecular weight is 220 g/mol. The third-order valence-corrected chi connectivity index (χ3v) is 2.73. The van der Waals surface area contributed by atoms with E-state index in [1.807, 2.05) is 0 Å². The van der Waals surface area contributed by atoms with Gasteiger partial charge < -0.3 is 5.73 Å². The van der Waals surface area contributed by atoms with Gasteiger partial charge in [0, 0.05) is 6.04 Å². The SMILES string of the molecule is CC(C)CC[C@@H](N)c1ccsc1.Cl. The molecule has 76 valence electrons. The monoisotopic (exact) mass is 219 g/mol. The fourth-order valence-corrected chi connectivity index (χ4v) is 1.89. The van der Waals surface area contributed by atoms with Gasteiger partial charge >= 0.3 is 0 Å². The highest BCUT2D eigenvalue weighted by molar-refractivity contribution is 7.07. The summed E-state index contributed by atoms with van der Waals surface area (Å²) in [6.07, 6.45) is 2.32. The number of rotatable bonds is 4. The van der Waals surface area contributed by atoms with Gasteiger partial charge in [-0.25, -0.2) is 0 Å². The second-order valence-corrected chi connectivity index (χ2v) is 4.41. The van der Waals surface area contributed by atoms with Crippen molar-refractivity contribution in [2.75, 3.05) is 0 Å². The van der Waals surface area contributed by atoms with Gasteiger partial charge in [-0.2, -0.15) is 11.3 Å². The summed E-state index contributed by atoms with van der Waals surface area (Å²) in [7, 11) is 0. The molecule has 0 aliphatic carbocycles. The van der Waals surface area contributed by atoms with Crippen LogP contribution >= 0.6 is 23.7 Å². The molecule has 3 heteroatoms. The molecule has 1 rings (SSSR count). The molecule has 1 atom stereocenters. The van der Waals surface area contributed by atoms with Crippen LogP contribution in [0.4, 0.5) is 0 Å². The Morgan fingerprint density at radius 3 is 2.54 bits per heavy atom. The quantitative estimate of drug-likeness (QED) is 0.823. The predicted molar refractivity (Wildman–Crippen MR) is 62.6 cm³/mol. The second kappa shape index (κ2) is 6.41. The Bertz CT molecular complexity index is 209. The van der Waals surface area contributed by atoms with E-state index in [4.69, 9.17) is 5.73 Å². The van der Waals surface area contributed by atoms with E-state index in [0.29, 0.717) is 0 Å². The van der Waals surface area contributed by atoms with Crippen molar-refractivity contribution >= 4 is 23.7 Å². The van der Waals surface area contributed by atoms with Crippen LogP contribution in [0, 0.1) is 5.92 Å². The van der Waals surface area contributed by atoms with Crippen LogP contribution in [0.3, 0.4) is 0 Å². The minimum Gasteiger partial charge on any atom is -0.324 e. The third-order valence-electron chi connectivity index (χ3n) is 2.03. The Morgan fingerprint density at radius 1 is 1.38 bits per heavy atom. The van der Waals surface area contributed by atoms with Crippen LogP contribution in [0.15, 0.2) is 16.8 Å². The second-order valence-electron chi connectivity index (χ2n) is 3.63. The van der Waals surface area contributed by atoms with E-state index in [1.54, 1.807) is 11.3 Å². The van der Waals surface area contributed by atoms with Crippen LogP contribution in [-0.4, -0.2) is 0 Å². The maximum absolute atomic E-state index is 5.99. The van der Waals surface area contributed by atoms with E-state index in [2.05, 4.69) is 30.7 Å². The molecule has 0 aliphatic heterocycles. The van der Waals surface area contributed by atoms with Crippen molar-refractivity contribution < 1.29 is 0 Å². The van der Waals surface area contributed by atoms with Crippen LogP contribution in [-0.2, 0) is 0 Å². The highest BCUT2D eigenvalue weighted by Crippen LogP contribution is 2.20. The number of nitrogens with two attached hydrogens (primary N) is 1. The Hall–Kier alpha value is -0.0500. The minimum absolute atomic E-state index is 0. The lowest BCUT2D eigenvalue weighted by Crippen LogP contribution is -2.09. The van der Waals surface area contributed by atoms with Gasteiger partial charge in [-0.3, -0.25) is 0 Å². The van der Waals surface area contributed by atoms with Gasteiger partial charge in [0.15, 0.2) is 0 Å². The Labute approximate surface area is 90.8 Å². The minimum atomic E-state index is 0. The first-order chi connectivity index (χ1) is 5.70. The zero-order valence-corrected chi connectivity index (χ0v) is 9.83. The van der Waals surface area contributed by atoms with Gasteiger partial charge in [-0.05, 0) is 41.1 Å². The van der Waals surface area contributed by atoms with Crippen molar-refractivity contribution in [2.24, 2.45) is 11.7 Å². The lowest BCUT2D eigenvalue weighted by Gasteiger charge is -2.10. The van der Waals surface area contributed by atoms with E-state index in [9.17, 15) is 0 Å². The molecule has 13 heavy (non-hydrogen) atoms. The summed E-state index contributed by atoms with van der Waals surface area (Å²) in [4.78, 5) is 0. The fourth-order valence-electron chi connectivity index (χ4n) is 1.17. The standard InChI is InChI=1S/C10H17NS.ClH/c1-8(2)3-4-10(11)9-5-6-12-7-9;/h5-8,10H,3-4,11H2,1-2H3;1H/t10-;/m1./s1. The Balaban J connectivity index is 0.00000144. The third kappa shape index (κ3) is 4.65. The molecule has 0 bridgehead atoms. The van der Waals surface area contributed by atoms with Crippen LogP contribution in [0.5, 0.6) is 0 Å². The van der Waals surface area contributed by atoms with Gasteiger partial charge in [0.05, 0.1) is 0 Å². The molecular weight excluding hydrogens is 202 g/mol. The Morgan fingerprint density at radius 2 is 2.08 bits per heavy atom. The van der Waals surface area contributed by atoms with Crippen molar-refractivity contribution in [1.82, 2.24) is 0 Å². The molecule has 0 unspecified atom stereocenters. The van der Waals surface area contributed by atoms with E-state index in [1.165, 1.54) is 12.0 Å². The molecule has 0 aromatic carbocycles. The smallest absolute Gasteiger partial charge is 0.0303 e. The lowest BCUT2D eigenvalue weighted by atomic mass is 10.0. The fraction of sp³-hybridized carbons (Fsp3) is 0.600. The largest absolute Gasteiger partial charge is 0.324 e. The molecular formula is C10H18ClNS. The zero-order chi connectivity index (χ0) is 8.97. The molecule has 1 aromatic heterocycles. The van der Waals surface area contributed by atoms with Crippen LogP contribution in [0.25, 0.3) is 0 Å². The van der Waals surface area contributed by atoms with Crippen LogP contribution in [0.1, 0.15) is 38.3 Å². The highest BCUT2D eigenvalue weighted by atomic mass is 35.5. The van der Waals surface area contributed by atoms with E-state index >= 15 is 0 Å². The highest BCUT2D eigenvalue weighted by Gasteiger charge is 2.06. The summed E-state index contributed by atoms with van der Waals surface area (Å²) in [5.41, 5.74) is 7.29. The number of hydrogen-bond acceptors (Lipinski definition) is 2. The Kier molecular flexibility index (Phi) is 6.39. The first-order valence-electron chi connectivity index (χ1n) is 4.48. The molecule has 0 saturated carbocycles. The molecule has 2 N–H and O–H groups in total. The van der Waals surface area contributed by atoms with Crippen molar-refractivity contribution in [2.45, 2.75) is 32.7 Å². The summed E-state index contributed by atoms with van der Waals surface area (Å²) >= 11 is 1.72. The first kappa shape index (κ1) is 12.9. The van der Waals surface area contributed by atoms with Crippen molar-refractivity contribution in [3.8, 4) is 0 Å². The normalized spacial score (nSPS) is 12.6. The van der Waals surface area contributed by atoms with E-state index < -0.39 is 0 Å². The van der Waals surface area contributed by atoms with Crippen LogP contribution < -0.4 is 5.73 Å². The van der Waals surface area contributed by atoms with E-state index in [0.717, 1.165) is 12.3 Å². The summed E-state index contributed by atoms with van der Waals surface area (Å²) in [6.45, 7) is 4.47. The van der Waals surface area contributed by atoms with Crippen LogP contribution in [0.2, 0.25) is 0 Å². The number of hydrogen-bond donors (Lipinski definition) is 1. The van der Waals surface area contributed by atoms with Gasteiger partial charge in [0.25, 0.3) is 0 Å². The van der Waals surface area contributed by atoms with Crippen molar-refractivity contribution in [1.29, 1.82) is 0 Å². The zero-order valence-electron chi connectivity index (χ0n) is 8.19. The van der Waals surface area contributed by atoms with Gasteiger partial charge in [0.1, 0.15) is 0 Å². The molecule has 1 nitrogen and oxygen atoms in total. The summed E-state index contributed by atoms with van der Waals surface area (Å²) < 4.78 is 0. The van der Waals surface area contributed by atoms with Gasteiger partial charge in [-0.1, -0.05) is 13.8 Å². The average Bonchev–Trinajstić information content (AvgIpc) is 2.51. The molecule has 0 aliphatic rings.